The summed E-state index contributed by atoms with van der Waals surface area (Å²) < 4.78 is 6.30. The van der Waals surface area contributed by atoms with Crippen LogP contribution in [0.4, 0.5) is 0 Å². The number of hydrogen-bond donors (Lipinski definition) is 5. The Labute approximate surface area is 361 Å². The van der Waals surface area contributed by atoms with Gasteiger partial charge >= 0.3 is 0 Å². The summed E-state index contributed by atoms with van der Waals surface area (Å²) in [5, 5.41) is 10.8. The Morgan fingerprint density at radius 3 is 2.03 bits per heavy atom. The Hall–Kier alpha value is -5.11. The van der Waals surface area contributed by atoms with E-state index in [9.17, 15) is 28.8 Å². The maximum atomic E-state index is 15.0. The van der Waals surface area contributed by atoms with Crippen LogP contribution in [-0.4, -0.2) is 89.5 Å². The van der Waals surface area contributed by atoms with Crippen LogP contribution >= 0.6 is 0 Å². The second-order valence-electron chi connectivity index (χ2n) is 17.7. The Morgan fingerprint density at radius 2 is 1.44 bits per heavy atom. The van der Waals surface area contributed by atoms with Gasteiger partial charge in [0.15, 0.2) is 0 Å². The van der Waals surface area contributed by atoms with Crippen molar-refractivity contribution in [2.45, 2.75) is 149 Å². The van der Waals surface area contributed by atoms with E-state index in [2.05, 4.69) is 21.3 Å². The first-order chi connectivity index (χ1) is 29.1. The van der Waals surface area contributed by atoms with Crippen molar-refractivity contribution in [2.75, 3.05) is 13.1 Å². The van der Waals surface area contributed by atoms with E-state index in [-0.39, 0.29) is 43.7 Å². The van der Waals surface area contributed by atoms with Crippen LogP contribution in [-0.2, 0) is 51.3 Å². The molecule has 2 aromatic rings. The molecule has 14 heteroatoms. The van der Waals surface area contributed by atoms with Crippen molar-refractivity contribution < 1.29 is 38.3 Å². The van der Waals surface area contributed by atoms with Crippen LogP contribution < -0.4 is 27.0 Å². The lowest BCUT2D eigenvalue weighted by Crippen LogP contribution is -2.59. The number of ether oxygens (including phenoxy) is 1. The first-order valence-electron chi connectivity index (χ1n) is 22.1. The molecule has 1 aliphatic heterocycles. The zero-order valence-electron chi connectivity index (χ0n) is 36.7. The van der Waals surface area contributed by atoms with Crippen LogP contribution in [0.25, 0.3) is 0 Å². The number of amides is 6. The molecule has 2 aromatic carbocycles. The van der Waals surface area contributed by atoms with Crippen LogP contribution in [0.15, 0.2) is 60.7 Å². The summed E-state index contributed by atoms with van der Waals surface area (Å²) >= 11 is 0. The summed E-state index contributed by atoms with van der Waals surface area (Å²) in [5.41, 5.74) is 6.93. The van der Waals surface area contributed by atoms with E-state index in [1.54, 1.807) is 6.92 Å². The third-order valence-electron chi connectivity index (χ3n) is 11.9. The van der Waals surface area contributed by atoms with Crippen molar-refractivity contribution in [1.29, 1.82) is 0 Å². The van der Waals surface area contributed by atoms with Crippen LogP contribution in [0, 0.1) is 17.3 Å². The summed E-state index contributed by atoms with van der Waals surface area (Å²) in [7, 11) is 0. The number of unbranched alkanes of at least 4 members (excludes halogenated alkanes) is 1. The van der Waals surface area contributed by atoms with Crippen LogP contribution in [0.2, 0.25) is 0 Å². The molecule has 4 rings (SSSR count). The minimum atomic E-state index is -1.25. The number of nitrogens with zero attached hydrogens (tertiary/aromatic N) is 1. The minimum Gasteiger partial charge on any atom is -0.372 e. The number of hydrogen-bond acceptors (Lipinski definition) is 8. The number of Topliss-reactive ketones (excluding diaryl/α,β-unsaturated/α-hetero) is 1. The van der Waals surface area contributed by atoms with E-state index in [1.807, 2.05) is 88.4 Å². The van der Waals surface area contributed by atoms with E-state index in [0.29, 0.717) is 25.7 Å². The molecular formula is C47H68N6O8. The molecule has 6 unspecified atom stereocenters. The van der Waals surface area contributed by atoms with Gasteiger partial charge in [-0.25, -0.2) is 0 Å². The molecule has 0 radical (unpaired) electrons. The van der Waals surface area contributed by atoms with Crippen molar-refractivity contribution in [2.24, 2.45) is 23.0 Å². The number of primary amides is 1. The molecule has 1 saturated heterocycles. The molecule has 6 amide bonds. The quantitative estimate of drug-likeness (QED) is 0.108. The van der Waals surface area contributed by atoms with Gasteiger partial charge in [-0.05, 0) is 54.6 Å². The van der Waals surface area contributed by atoms with Gasteiger partial charge in [-0.3, -0.25) is 33.6 Å². The van der Waals surface area contributed by atoms with E-state index in [1.165, 1.54) is 4.90 Å². The Morgan fingerprint density at radius 1 is 0.803 bits per heavy atom. The fourth-order valence-corrected chi connectivity index (χ4v) is 8.29. The molecular weight excluding hydrogens is 777 g/mol. The van der Waals surface area contributed by atoms with Gasteiger partial charge in [0, 0.05) is 18.9 Å². The summed E-state index contributed by atoms with van der Waals surface area (Å²) in [4.78, 5) is 96.2. The zero-order chi connectivity index (χ0) is 44.5. The molecule has 6 N–H and O–H groups in total. The number of ketones is 1. The molecule has 14 nitrogen and oxygen atoms in total. The van der Waals surface area contributed by atoms with Gasteiger partial charge in [-0.2, -0.15) is 0 Å². The monoisotopic (exact) mass is 845 g/mol. The molecule has 0 bridgehead atoms. The van der Waals surface area contributed by atoms with E-state index < -0.39 is 77.6 Å². The number of benzene rings is 2. The average molecular weight is 845 g/mol. The standard InChI is InChI=1S/C47H68N6O8/c1-6-8-25-37(42(48)56)50-39(54)28-49-45(59)41(55)36(18-7-2)51-44(58)38-27-34(61-30-32-21-14-10-15-22-32)29-53(38)46(60)40(33-23-16-11-17-24-33)52-43(57)35(47(3,4)5)26-31-19-12-9-13-20-31/h9-10,12-15,19-22,33-38,40H,6-8,11,16-18,23-30H2,1-5H3,(H2,48,56)(H,49,59)(H,50,54)(H,51,58)(H,52,57). The summed E-state index contributed by atoms with van der Waals surface area (Å²) in [5.74, 6) is -5.24. The van der Waals surface area contributed by atoms with Crippen molar-refractivity contribution in [3.63, 3.8) is 0 Å². The largest absolute Gasteiger partial charge is 0.372 e. The fraction of sp³-hybridized carbons (Fsp3) is 0.596. The molecule has 0 spiro atoms. The van der Waals surface area contributed by atoms with Gasteiger partial charge in [-0.1, -0.05) is 134 Å². The summed E-state index contributed by atoms with van der Waals surface area (Å²) in [6.07, 6.45) is 6.78. The molecule has 0 aromatic heterocycles. The lowest BCUT2D eigenvalue weighted by Gasteiger charge is -2.37. The third-order valence-corrected chi connectivity index (χ3v) is 11.9. The normalized spacial score (nSPS) is 18.9. The van der Waals surface area contributed by atoms with Crippen LogP contribution in [0.1, 0.15) is 116 Å². The highest BCUT2D eigenvalue weighted by Gasteiger charge is 2.46. The smallest absolute Gasteiger partial charge is 0.290 e. The van der Waals surface area contributed by atoms with Gasteiger partial charge in [-0.15, -0.1) is 0 Å². The minimum absolute atomic E-state index is 0.0854. The number of nitrogens with one attached hydrogen (secondary N) is 4. The highest BCUT2D eigenvalue weighted by molar-refractivity contribution is 6.38. The van der Waals surface area contributed by atoms with E-state index in [0.717, 1.165) is 49.7 Å². The highest BCUT2D eigenvalue weighted by atomic mass is 16.5. The number of carbonyl (C=O) groups is 7. The molecule has 1 heterocycles. The number of likely N-dealkylation sites (tertiary alicyclic amines) is 1. The van der Waals surface area contributed by atoms with Crippen molar-refractivity contribution in [1.82, 2.24) is 26.2 Å². The van der Waals surface area contributed by atoms with Gasteiger partial charge in [0.05, 0.1) is 25.3 Å². The number of carbonyl (C=O) groups excluding carboxylic acids is 7. The van der Waals surface area contributed by atoms with Crippen LogP contribution in [0.3, 0.4) is 0 Å². The highest BCUT2D eigenvalue weighted by Crippen LogP contribution is 2.33. The second kappa shape index (κ2) is 23.8. The van der Waals surface area contributed by atoms with E-state index in [4.69, 9.17) is 10.5 Å². The molecule has 1 saturated carbocycles. The molecule has 1 aliphatic carbocycles. The van der Waals surface area contributed by atoms with Crippen LogP contribution in [0.5, 0.6) is 0 Å². The SMILES string of the molecule is CCCCC(NC(=O)CNC(=O)C(=O)C(CCC)NC(=O)C1CC(OCc2ccccc2)CN1C(=O)C(NC(=O)C(Cc1ccccc1)C(C)(C)C)C1CCCCC1)C(N)=O. The van der Waals surface area contributed by atoms with Gasteiger partial charge in [0.1, 0.15) is 18.1 Å². The maximum absolute atomic E-state index is 15.0. The maximum Gasteiger partial charge on any atom is 0.290 e. The van der Waals surface area contributed by atoms with Gasteiger partial charge in [0.2, 0.25) is 35.3 Å². The lowest BCUT2D eigenvalue weighted by molar-refractivity contribution is -0.145. The number of nitrogens with two attached hydrogens (primary N) is 1. The molecule has 6 atom stereocenters. The van der Waals surface area contributed by atoms with Gasteiger partial charge < -0.3 is 36.6 Å². The van der Waals surface area contributed by atoms with Crippen molar-refractivity contribution in [3.8, 4) is 0 Å². The molecule has 2 fully saturated rings. The molecule has 2 aliphatic rings. The molecule has 61 heavy (non-hydrogen) atoms. The zero-order valence-corrected chi connectivity index (χ0v) is 36.7. The van der Waals surface area contributed by atoms with Crippen molar-refractivity contribution >= 4 is 41.2 Å². The summed E-state index contributed by atoms with van der Waals surface area (Å²) in [6.45, 7) is 9.55. The Bertz CT molecular complexity index is 1780. The summed E-state index contributed by atoms with van der Waals surface area (Å²) in [6, 6.07) is 15.2. The van der Waals surface area contributed by atoms with E-state index >= 15 is 4.79 Å². The topological polar surface area (TPSA) is 206 Å². The second-order valence-corrected chi connectivity index (χ2v) is 17.7. The lowest BCUT2D eigenvalue weighted by atomic mass is 9.76. The first-order valence-corrected chi connectivity index (χ1v) is 22.1. The molecule has 334 valence electrons. The Kier molecular flexibility index (Phi) is 18.9. The third kappa shape index (κ3) is 14.8. The number of rotatable bonds is 22. The average Bonchev–Trinajstić information content (AvgIpc) is 3.69. The fourth-order valence-electron chi connectivity index (χ4n) is 8.29. The Balaban J connectivity index is 1.56. The predicted octanol–water partition coefficient (Wildman–Crippen LogP) is 4.27. The van der Waals surface area contributed by atoms with Crippen molar-refractivity contribution in [3.05, 3.63) is 71.8 Å². The first kappa shape index (κ1) is 48.6. The predicted molar refractivity (Wildman–Crippen MR) is 232 cm³/mol. The van der Waals surface area contributed by atoms with Gasteiger partial charge in [0.25, 0.3) is 5.91 Å².